The summed E-state index contributed by atoms with van der Waals surface area (Å²) < 4.78 is 18.2. The van der Waals surface area contributed by atoms with Gasteiger partial charge < -0.3 is 10.1 Å². The highest BCUT2D eigenvalue weighted by atomic mass is 19.1. The van der Waals surface area contributed by atoms with Crippen LogP contribution in [0.15, 0.2) is 48.5 Å². The Balaban J connectivity index is 1.87. The highest BCUT2D eigenvalue weighted by molar-refractivity contribution is 5.91. The SMILES string of the molecule is N#Cc1ccc(OCC(=O)Nc2cccc(F)c2)cc1. The first-order valence-electron chi connectivity index (χ1n) is 5.86. The van der Waals surface area contributed by atoms with Crippen LogP contribution < -0.4 is 10.1 Å². The van der Waals surface area contributed by atoms with E-state index < -0.39 is 5.82 Å². The summed E-state index contributed by atoms with van der Waals surface area (Å²) in [5.74, 6) is -0.325. The van der Waals surface area contributed by atoms with Gasteiger partial charge in [-0.1, -0.05) is 6.07 Å². The lowest BCUT2D eigenvalue weighted by Crippen LogP contribution is -2.20. The van der Waals surface area contributed by atoms with Gasteiger partial charge in [-0.15, -0.1) is 0 Å². The largest absolute Gasteiger partial charge is 0.484 e. The van der Waals surface area contributed by atoms with Gasteiger partial charge in [-0.05, 0) is 42.5 Å². The highest BCUT2D eigenvalue weighted by Crippen LogP contribution is 2.12. The molecule has 0 fully saturated rings. The zero-order valence-corrected chi connectivity index (χ0v) is 10.5. The molecular formula is C15H11FN2O2. The van der Waals surface area contributed by atoms with Crippen molar-refractivity contribution in [1.82, 2.24) is 0 Å². The molecule has 0 spiro atoms. The van der Waals surface area contributed by atoms with Gasteiger partial charge in [-0.25, -0.2) is 4.39 Å². The van der Waals surface area contributed by atoms with E-state index in [-0.39, 0.29) is 12.5 Å². The third-order valence-electron chi connectivity index (χ3n) is 2.46. The van der Waals surface area contributed by atoms with Gasteiger partial charge >= 0.3 is 0 Å². The minimum absolute atomic E-state index is 0.192. The number of hydrogen-bond donors (Lipinski definition) is 1. The number of halogens is 1. The molecule has 100 valence electrons. The lowest BCUT2D eigenvalue weighted by Gasteiger charge is -2.07. The molecule has 2 aromatic rings. The van der Waals surface area contributed by atoms with Gasteiger partial charge in [-0.2, -0.15) is 5.26 Å². The molecule has 1 N–H and O–H groups in total. The molecule has 1 amide bonds. The standard InChI is InChI=1S/C15H11FN2O2/c16-12-2-1-3-13(8-12)18-15(19)10-20-14-6-4-11(9-17)5-7-14/h1-8H,10H2,(H,18,19). The van der Waals surface area contributed by atoms with Crippen LogP contribution in [0, 0.1) is 17.1 Å². The van der Waals surface area contributed by atoms with Crippen LogP contribution in [0.4, 0.5) is 10.1 Å². The predicted molar refractivity (Wildman–Crippen MR) is 71.7 cm³/mol. The first kappa shape index (κ1) is 13.6. The van der Waals surface area contributed by atoms with E-state index in [0.717, 1.165) is 0 Å². The number of hydrogen-bond acceptors (Lipinski definition) is 3. The summed E-state index contributed by atoms with van der Waals surface area (Å²) in [4.78, 5) is 11.6. The zero-order valence-electron chi connectivity index (χ0n) is 10.5. The molecule has 4 nitrogen and oxygen atoms in total. The minimum atomic E-state index is -0.421. The van der Waals surface area contributed by atoms with E-state index >= 15 is 0 Å². The van der Waals surface area contributed by atoms with Crippen molar-refractivity contribution in [2.75, 3.05) is 11.9 Å². The number of amides is 1. The first-order valence-corrected chi connectivity index (χ1v) is 5.86. The second-order valence-corrected chi connectivity index (χ2v) is 3.98. The Bertz CT molecular complexity index is 648. The fraction of sp³-hybridized carbons (Fsp3) is 0.0667. The maximum absolute atomic E-state index is 12.9. The molecule has 0 heterocycles. The summed E-state index contributed by atoms with van der Waals surface area (Å²) in [6.45, 7) is -0.192. The fourth-order valence-electron chi connectivity index (χ4n) is 1.54. The summed E-state index contributed by atoms with van der Waals surface area (Å²) >= 11 is 0. The lowest BCUT2D eigenvalue weighted by atomic mass is 10.2. The van der Waals surface area contributed by atoms with Crippen LogP contribution in [-0.2, 0) is 4.79 Å². The molecule has 2 rings (SSSR count). The molecule has 0 aliphatic heterocycles. The normalized spacial score (nSPS) is 9.60. The minimum Gasteiger partial charge on any atom is -0.484 e. The molecule has 0 saturated carbocycles. The molecule has 0 saturated heterocycles. The average Bonchev–Trinajstić information content (AvgIpc) is 2.46. The van der Waals surface area contributed by atoms with Gasteiger partial charge in [0.1, 0.15) is 11.6 Å². The Morgan fingerprint density at radius 3 is 2.65 bits per heavy atom. The second kappa shape index (κ2) is 6.34. The molecule has 0 aliphatic rings. The summed E-state index contributed by atoms with van der Waals surface area (Å²) in [5, 5.41) is 11.2. The Kier molecular flexibility index (Phi) is 4.30. The van der Waals surface area contributed by atoms with Gasteiger partial charge in [-0.3, -0.25) is 4.79 Å². The molecule has 0 radical (unpaired) electrons. The van der Waals surface area contributed by atoms with Gasteiger partial charge in [0, 0.05) is 5.69 Å². The van der Waals surface area contributed by atoms with Crippen LogP contribution in [0.3, 0.4) is 0 Å². The number of benzene rings is 2. The van der Waals surface area contributed by atoms with Gasteiger partial charge in [0.25, 0.3) is 5.91 Å². The van der Waals surface area contributed by atoms with Crippen molar-refractivity contribution < 1.29 is 13.9 Å². The Hall–Kier alpha value is -2.87. The molecule has 0 unspecified atom stereocenters. The molecule has 2 aromatic carbocycles. The van der Waals surface area contributed by atoms with Crippen molar-refractivity contribution in [3.05, 3.63) is 59.9 Å². The summed E-state index contributed by atoms with van der Waals surface area (Å²) in [6, 6.07) is 14.0. The predicted octanol–water partition coefficient (Wildman–Crippen LogP) is 2.71. The summed E-state index contributed by atoms with van der Waals surface area (Å²) in [6.07, 6.45) is 0. The van der Waals surface area contributed by atoms with Crippen molar-refractivity contribution in [2.45, 2.75) is 0 Å². The van der Waals surface area contributed by atoms with Crippen LogP contribution in [0.25, 0.3) is 0 Å². The molecule has 5 heteroatoms. The number of nitrogens with zero attached hydrogens (tertiary/aromatic N) is 1. The van der Waals surface area contributed by atoms with Crippen molar-refractivity contribution in [2.24, 2.45) is 0 Å². The number of rotatable bonds is 4. The van der Waals surface area contributed by atoms with Gasteiger partial charge in [0.2, 0.25) is 0 Å². The quantitative estimate of drug-likeness (QED) is 0.929. The molecule has 0 aromatic heterocycles. The van der Waals surface area contributed by atoms with E-state index in [4.69, 9.17) is 10.00 Å². The maximum Gasteiger partial charge on any atom is 0.262 e. The smallest absolute Gasteiger partial charge is 0.262 e. The lowest BCUT2D eigenvalue weighted by molar-refractivity contribution is -0.118. The summed E-state index contributed by atoms with van der Waals surface area (Å²) in [7, 11) is 0. The van der Waals surface area contributed by atoms with Gasteiger partial charge in [0.05, 0.1) is 11.6 Å². The fourth-order valence-corrected chi connectivity index (χ4v) is 1.54. The van der Waals surface area contributed by atoms with Crippen LogP contribution >= 0.6 is 0 Å². The van der Waals surface area contributed by atoms with E-state index in [1.54, 1.807) is 30.3 Å². The van der Waals surface area contributed by atoms with Crippen molar-refractivity contribution in [3.63, 3.8) is 0 Å². The summed E-state index contributed by atoms with van der Waals surface area (Å²) in [5.41, 5.74) is 0.889. The van der Waals surface area contributed by atoms with E-state index in [2.05, 4.69) is 5.32 Å². The van der Waals surface area contributed by atoms with E-state index in [0.29, 0.717) is 17.0 Å². The maximum atomic E-state index is 12.9. The van der Waals surface area contributed by atoms with Crippen molar-refractivity contribution in [1.29, 1.82) is 5.26 Å². The Morgan fingerprint density at radius 2 is 2.00 bits per heavy atom. The Labute approximate surface area is 115 Å². The number of carbonyl (C=O) groups excluding carboxylic acids is 1. The molecule has 0 bridgehead atoms. The van der Waals surface area contributed by atoms with Crippen LogP contribution in [0.1, 0.15) is 5.56 Å². The number of nitrogens with one attached hydrogen (secondary N) is 1. The van der Waals surface area contributed by atoms with Crippen molar-refractivity contribution in [3.8, 4) is 11.8 Å². The molecule has 0 aliphatic carbocycles. The number of ether oxygens (including phenoxy) is 1. The highest BCUT2D eigenvalue weighted by Gasteiger charge is 2.04. The first-order chi connectivity index (χ1) is 9.67. The van der Waals surface area contributed by atoms with Gasteiger partial charge in [0.15, 0.2) is 6.61 Å². The zero-order chi connectivity index (χ0) is 14.4. The molecule has 0 atom stereocenters. The van der Waals surface area contributed by atoms with E-state index in [1.807, 2.05) is 6.07 Å². The van der Waals surface area contributed by atoms with Crippen LogP contribution in [0.5, 0.6) is 5.75 Å². The van der Waals surface area contributed by atoms with Crippen LogP contribution in [-0.4, -0.2) is 12.5 Å². The van der Waals surface area contributed by atoms with Crippen LogP contribution in [0.2, 0.25) is 0 Å². The third kappa shape index (κ3) is 3.82. The number of nitriles is 1. The van der Waals surface area contributed by atoms with E-state index in [1.165, 1.54) is 18.2 Å². The second-order valence-electron chi connectivity index (χ2n) is 3.98. The Morgan fingerprint density at radius 1 is 1.25 bits per heavy atom. The number of anilines is 1. The molecule has 20 heavy (non-hydrogen) atoms. The van der Waals surface area contributed by atoms with E-state index in [9.17, 15) is 9.18 Å². The topological polar surface area (TPSA) is 62.1 Å². The average molecular weight is 270 g/mol. The van der Waals surface area contributed by atoms with Crippen molar-refractivity contribution >= 4 is 11.6 Å². The monoisotopic (exact) mass is 270 g/mol. The molecular weight excluding hydrogens is 259 g/mol. The third-order valence-corrected chi connectivity index (χ3v) is 2.46. The number of carbonyl (C=O) groups is 1.